The van der Waals surface area contributed by atoms with Crippen molar-refractivity contribution in [2.75, 3.05) is 5.32 Å². The number of aromatic nitrogens is 2. The van der Waals surface area contributed by atoms with Crippen LogP contribution in [0.5, 0.6) is 5.75 Å². The topological polar surface area (TPSA) is 93.5 Å². The van der Waals surface area contributed by atoms with Crippen LogP contribution >= 0.6 is 11.6 Å². The van der Waals surface area contributed by atoms with Gasteiger partial charge >= 0.3 is 12.6 Å². The van der Waals surface area contributed by atoms with E-state index in [0.29, 0.717) is 0 Å². The Morgan fingerprint density at radius 3 is 2.71 bits per heavy atom. The van der Waals surface area contributed by atoms with E-state index in [1.54, 1.807) is 0 Å². The molecule has 1 aromatic heterocycles. The van der Waals surface area contributed by atoms with Crippen molar-refractivity contribution in [1.29, 1.82) is 0 Å². The van der Waals surface area contributed by atoms with Crippen LogP contribution in [0.4, 0.5) is 14.5 Å². The molecule has 0 fully saturated rings. The number of amides is 1. The molecule has 24 heavy (non-hydrogen) atoms. The Bertz CT molecular complexity index is 766. The summed E-state index contributed by atoms with van der Waals surface area (Å²) in [5, 5.41) is 15.1. The summed E-state index contributed by atoms with van der Waals surface area (Å²) in [5.41, 5.74) is 0.387. The van der Waals surface area contributed by atoms with Gasteiger partial charge in [-0.3, -0.25) is 9.48 Å². The summed E-state index contributed by atoms with van der Waals surface area (Å²) in [4.78, 5) is 23.0. The van der Waals surface area contributed by atoms with Gasteiger partial charge in [-0.05, 0) is 25.1 Å². The quantitative estimate of drug-likeness (QED) is 0.826. The average Bonchev–Trinajstić information content (AvgIpc) is 2.98. The molecular weight excluding hydrogens is 348 g/mol. The lowest BCUT2D eigenvalue weighted by atomic mass is 10.2. The van der Waals surface area contributed by atoms with E-state index in [0.717, 1.165) is 4.68 Å². The molecule has 2 aromatic rings. The number of nitrogens with zero attached hydrogens (tertiary/aromatic N) is 2. The van der Waals surface area contributed by atoms with Crippen LogP contribution in [0.3, 0.4) is 0 Å². The summed E-state index contributed by atoms with van der Waals surface area (Å²) < 4.78 is 29.6. The largest absolute Gasteiger partial charge is 0.480 e. The van der Waals surface area contributed by atoms with E-state index in [-0.39, 0.29) is 22.0 Å². The number of carbonyl (C=O) groups is 2. The molecule has 1 amide bonds. The smallest absolute Gasteiger partial charge is 0.387 e. The van der Waals surface area contributed by atoms with Crippen molar-refractivity contribution in [3.8, 4) is 5.75 Å². The van der Waals surface area contributed by atoms with Gasteiger partial charge in [-0.2, -0.15) is 13.9 Å². The SMILES string of the molecule is CC(C(=O)O)n1cc(C(=O)Nc2ccc(OC(F)F)c(Cl)c2)cn1. The highest BCUT2D eigenvalue weighted by Crippen LogP contribution is 2.29. The Morgan fingerprint density at radius 2 is 2.12 bits per heavy atom. The first kappa shape index (κ1) is 17.7. The third-order valence-corrected chi connectivity index (χ3v) is 3.32. The Morgan fingerprint density at radius 1 is 1.42 bits per heavy atom. The molecule has 0 bridgehead atoms. The number of halogens is 3. The van der Waals surface area contributed by atoms with Crippen LogP contribution in [0.1, 0.15) is 23.3 Å². The molecule has 0 aliphatic heterocycles. The zero-order valence-corrected chi connectivity index (χ0v) is 13.0. The van der Waals surface area contributed by atoms with Gasteiger partial charge in [0.15, 0.2) is 0 Å². The number of ether oxygens (including phenoxy) is 1. The van der Waals surface area contributed by atoms with Crippen molar-refractivity contribution in [3.05, 3.63) is 41.2 Å². The first-order valence-corrected chi connectivity index (χ1v) is 6.98. The van der Waals surface area contributed by atoms with Gasteiger partial charge in [-0.15, -0.1) is 0 Å². The van der Waals surface area contributed by atoms with E-state index in [1.807, 2.05) is 0 Å². The van der Waals surface area contributed by atoms with Crippen LogP contribution in [0.25, 0.3) is 0 Å². The van der Waals surface area contributed by atoms with Crippen molar-refractivity contribution < 1.29 is 28.2 Å². The minimum absolute atomic E-state index is 0.0942. The predicted octanol–water partition coefficient (Wildman–Crippen LogP) is 3.04. The number of benzene rings is 1. The first-order valence-electron chi connectivity index (χ1n) is 6.60. The van der Waals surface area contributed by atoms with Gasteiger partial charge < -0.3 is 15.2 Å². The minimum atomic E-state index is -3.01. The summed E-state index contributed by atoms with van der Waals surface area (Å²) in [6, 6.07) is 2.86. The molecular formula is C14H12ClF2N3O4. The van der Waals surface area contributed by atoms with Gasteiger partial charge in [0.2, 0.25) is 0 Å². The highest BCUT2D eigenvalue weighted by molar-refractivity contribution is 6.32. The van der Waals surface area contributed by atoms with Crippen LogP contribution in [-0.2, 0) is 4.79 Å². The van der Waals surface area contributed by atoms with Gasteiger partial charge in [0.05, 0.1) is 16.8 Å². The average molecular weight is 360 g/mol. The van der Waals surface area contributed by atoms with Gasteiger partial charge in [-0.1, -0.05) is 11.6 Å². The first-order chi connectivity index (χ1) is 11.3. The molecule has 10 heteroatoms. The number of rotatable bonds is 6. The zero-order valence-electron chi connectivity index (χ0n) is 12.2. The minimum Gasteiger partial charge on any atom is -0.480 e. The number of anilines is 1. The monoisotopic (exact) mass is 359 g/mol. The van der Waals surface area contributed by atoms with E-state index >= 15 is 0 Å². The molecule has 1 heterocycles. The van der Waals surface area contributed by atoms with Gasteiger partial charge in [0.1, 0.15) is 11.8 Å². The number of carbonyl (C=O) groups excluding carboxylic acids is 1. The summed E-state index contributed by atoms with van der Waals surface area (Å²) >= 11 is 5.79. The van der Waals surface area contributed by atoms with Crippen molar-refractivity contribution in [2.24, 2.45) is 0 Å². The maximum Gasteiger partial charge on any atom is 0.387 e. The summed E-state index contributed by atoms with van der Waals surface area (Å²) in [6.07, 6.45) is 2.49. The predicted molar refractivity (Wildman–Crippen MR) is 80.6 cm³/mol. The van der Waals surface area contributed by atoms with Gasteiger partial charge in [0, 0.05) is 11.9 Å². The lowest BCUT2D eigenvalue weighted by Gasteiger charge is -2.09. The van der Waals surface area contributed by atoms with Gasteiger partial charge in [0.25, 0.3) is 5.91 Å². The fraction of sp³-hybridized carbons (Fsp3) is 0.214. The lowest BCUT2D eigenvalue weighted by molar-refractivity contribution is -0.140. The molecule has 0 saturated carbocycles. The number of nitrogens with one attached hydrogen (secondary N) is 1. The molecule has 0 aliphatic rings. The van der Waals surface area contributed by atoms with Crippen molar-refractivity contribution in [3.63, 3.8) is 0 Å². The molecule has 0 radical (unpaired) electrons. The van der Waals surface area contributed by atoms with Crippen LogP contribution in [-0.4, -0.2) is 33.4 Å². The second-order valence-electron chi connectivity index (χ2n) is 4.70. The maximum atomic E-state index is 12.2. The molecule has 2 rings (SSSR count). The molecule has 0 aliphatic carbocycles. The molecule has 0 saturated heterocycles. The zero-order chi connectivity index (χ0) is 17.9. The van der Waals surface area contributed by atoms with Crippen LogP contribution in [0, 0.1) is 0 Å². The number of aliphatic carboxylic acids is 1. The number of hydrogen-bond donors (Lipinski definition) is 2. The number of carboxylic acids is 1. The number of hydrogen-bond acceptors (Lipinski definition) is 4. The number of alkyl halides is 2. The molecule has 128 valence electrons. The molecule has 0 spiro atoms. The summed E-state index contributed by atoms with van der Waals surface area (Å²) in [7, 11) is 0. The second kappa shape index (κ2) is 7.26. The fourth-order valence-corrected chi connectivity index (χ4v) is 1.98. The Balaban J connectivity index is 2.10. The second-order valence-corrected chi connectivity index (χ2v) is 5.11. The van der Waals surface area contributed by atoms with Crippen LogP contribution in [0.15, 0.2) is 30.6 Å². The van der Waals surface area contributed by atoms with E-state index in [2.05, 4.69) is 15.2 Å². The lowest BCUT2D eigenvalue weighted by Crippen LogP contribution is -2.16. The highest BCUT2D eigenvalue weighted by Gasteiger charge is 2.17. The van der Waals surface area contributed by atoms with E-state index in [1.165, 1.54) is 37.5 Å². The molecule has 1 unspecified atom stereocenters. The van der Waals surface area contributed by atoms with Crippen LogP contribution in [0.2, 0.25) is 5.02 Å². The third kappa shape index (κ3) is 4.19. The van der Waals surface area contributed by atoms with Gasteiger partial charge in [-0.25, -0.2) is 4.79 Å². The Hall–Kier alpha value is -2.68. The number of carboxylic acid groups (broad SMARTS) is 1. The molecule has 1 atom stereocenters. The summed E-state index contributed by atoms with van der Waals surface area (Å²) in [6.45, 7) is -1.59. The highest BCUT2D eigenvalue weighted by atomic mass is 35.5. The normalized spacial score (nSPS) is 12.0. The Kier molecular flexibility index (Phi) is 5.35. The molecule has 7 nitrogen and oxygen atoms in total. The third-order valence-electron chi connectivity index (χ3n) is 3.02. The Labute approximate surface area is 139 Å². The fourth-order valence-electron chi connectivity index (χ4n) is 1.75. The maximum absolute atomic E-state index is 12.2. The van der Waals surface area contributed by atoms with Crippen molar-refractivity contribution in [2.45, 2.75) is 19.6 Å². The van der Waals surface area contributed by atoms with Crippen molar-refractivity contribution in [1.82, 2.24) is 9.78 Å². The van der Waals surface area contributed by atoms with E-state index in [9.17, 15) is 18.4 Å². The van der Waals surface area contributed by atoms with E-state index < -0.39 is 24.5 Å². The van der Waals surface area contributed by atoms with E-state index in [4.69, 9.17) is 16.7 Å². The molecule has 1 aromatic carbocycles. The summed E-state index contributed by atoms with van der Waals surface area (Å²) in [5.74, 6) is -1.86. The molecule has 2 N–H and O–H groups in total. The van der Waals surface area contributed by atoms with Crippen molar-refractivity contribution >= 4 is 29.2 Å². The van der Waals surface area contributed by atoms with Crippen LogP contribution < -0.4 is 10.1 Å². The standard InChI is InChI=1S/C14H12ClF2N3O4/c1-7(13(22)23)20-6-8(5-18-20)12(21)19-9-2-3-11(10(15)4-9)24-14(16)17/h2-7,14H,1H3,(H,19,21)(H,22,23).